The van der Waals surface area contributed by atoms with Crippen molar-refractivity contribution < 1.29 is 28.6 Å². The first kappa shape index (κ1) is 23.4. The molecule has 0 atom stereocenters. The number of aliphatic carboxylic acids is 1. The fraction of sp³-hybridized carbons (Fsp3) is 0.308. The van der Waals surface area contributed by atoms with Gasteiger partial charge in [0.2, 0.25) is 0 Å². The van der Waals surface area contributed by atoms with Crippen LogP contribution in [0.1, 0.15) is 21.5 Å². The van der Waals surface area contributed by atoms with Crippen LogP contribution in [-0.2, 0) is 11.2 Å². The van der Waals surface area contributed by atoms with E-state index >= 15 is 0 Å². The van der Waals surface area contributed by atoms with Gasteiger partial charge in [-0.15, -0.1) is 0 Å². The normalized spacial score (nSPS) is 13.8. The van der Waals surface area contributed by atoms with Crippen LogP contribution in [0.15, 0.2) is 42.5 Å². The SMILES string of the molecule is COc1cc(OC)cc(N2CCN(C(=O)c3c(C)c(CC(=O)O)cc4ccc(F)cc34)CC2)c1. The molecule has 3 aromatic carbocycles. The van der Waals surface area contributed by atoms with Crippen LogP contribution in [0.4, 0.5) is 10.1 Å². The van der Waals surface area contributed by atoms with Crippen LogP contribution in [0.2, 0.25) is 0 Å². The van der Waals surface area contributed by atoms with E-state index in [1.54, 1.807) is 44.2 Å². The largest absolute Gasteiger partial charge is 0.497 e. The molecule has 1 saturated heterocycles. The number of amides is 1. The van der Waals surface area contributed by atoms with Crippen molar-refractivity contribution >= 4 is 28.3 Å². The van der Waals surface area contributed by atoms with E-state index < -0.39 is 11.8 Å². The standard InChI is InChI=1S/C26H27FN2O5/c1-16-18(11-24(30)31)10-17-4-5-19(27)12-23(17)25(16)26(32)29-8-6-28(7-9-29)20-13-21(33-2)15-22(14-20)34-3/h4-5,10,12-15H,6-9,11H2,1-3H3,(H,30,31). The number of carboxylic acid groups (broad SMARTS) is 1. The summed E-state index contributed by atoms with van der Waals surface area (Å²) in [7, 11) is 3.20. The number of carboxylic acids is 1. The number of carbonyl (C=O) groups is 2. The zero-order valence-corrected chi connectivity index (χ0v) is 19.4. The lowest BCUT2D eigenvalue weighted by Crippen LogP contribution is -2.49. The molecule has 1 amide bonds. The van der Waals surface area contributed by atoms with Gasteiger partial charge in [0, 0.05) is 50.1 Å². The second-order valence-corrected chi connectivity index (χ2v) is 8.32. The molecule has 1 N–H and O–H groups in total. The third-order valence-electron chi connectivity index (χ3n) is 6.29. The van der Waals surface area contributed by atoms with E-state index in [0.717, 1.165) is 5.69 Å². The van der Waals surface area contributed by atoms with Gasteiger partial charge in [-0.05, 0) is 41.0 Å². The van der Waals surface area contributed by atoms with Crippen LogP contribution in [0, 0.1) is 12.7 Å². The Balaban J connectivity index is 1.62. The number of carbonyl (C=O) groups excluding carboxylic acids is 1. The molecule has 1 heterocycles. The number of hydrogen-bond donors (Lipinski definition) is 1. The van der Waals surface area contributed by atoms with Crippen LogP contribution in [0.3, 0.4) is 0 Å². The minimum atomic E-state index is -0.981. The monoisotopic (exact) mass is 466 g/mol. The number of piperazine rings is 1. The summed E-state index contributed by atoms with van der Waals surface area (Å²) in [6.07, 6.45) is -0.203. The molecule has 1 aliphatic rings. The highest BCUT2D eigenvalue weighted by Gasteiger charge is 2.27. The van der Waals surface area contributed by atoms with Crippen molar-refractivity contribution in [3.8, 4) is 11.5 Å². The minimum Gasteiger partial charge on any atom is -0.497 e. The fourth-order valence-corrected chi connectivity index (χ4v) is 4.45. The Labute approximate surface area is 197 Å². The van der Waals surface area contributed by atoms with Gasteiger partial charge in [-0.25, -0.2) is 4.39 Å². The molecule has 1 aliphatic heterocycles. The van der Waals surface area contributed by atoms with Gasteiger partial charge in [0.1, 0.15) is 17.3 Å². The predicted molar refractivity (Wildman–Crippen MR) is 128 cm³/mol. The Bertz CT molecular complexity index is 1230. The van der Waals surface area contributed by atoms with Gasteiger partial charge in [-0.1, -0.05) is 12.1 Å². The number of nitrogens with zero attached hydrogens (tertiary/aromatic N) is 2. The first-order chi connectivity index (χ1) is 16.3. The number of benzene rings is 3. The zero-order chi connectivity index (χ0) is 24.4. The molecule has 0 spiro atoms. The number of ether oxygens (including phenoxy) is 2. The maximum absolute atomic E-state index is 14.1. The first-order valence-electron chi connectivity index (χ1n) is 11.0. The summed E-state index contributed by atoms with van der Waals surface area (Å²) in [6, 6.07) is 11.6. The summed E-state index contributed by atoms with van der Waals surface area (Å²) in [6.45, 7) is 3.87. The lowest BCUT2D eigenvalue weighted by atomic mass is 9.92. The quantitative estimate of drug-likeness (QED) is 0.594. The highest BCUT2D eigenvalue weighted by atomic mass is 19.1. The smallest absolute Gasteiger partial charge is 0.307 e. The van der Waals surface area contributed by atoms with Crippen LogP contribution < -0.4 is 14.4 Å². The Hall–Kier alpha value is -3.81. The molecular formula is C26H27FN2O5. The molecule has 0 aromatic heterocycles. The van der Waals surface area contributed by atoms with Crippen molar-refractivity contribution in [2.24, 2.45) is 0 Å². The van der Waals surface area contributed by atoms with Crippen molar-refractivity contribution in [2.75, 3.05) is 45.3 Å². The number of fused-ring (bicyclic) bond motifs is 1. The zero-order valence-electron chi connectivity index (χ0n) is 19.4. The van der Waals surface area contributed by atoms with E-state index in [-0.39, 0.29) is 12.3 Å². The van der Waals surface area contributed by atoms with Crippen molar-refractivity contribution in [3.05, 3.63) is 65.0 Å². The van der Waals surface area contributed by atoms with E-state index in [0.29, 0.717) is 65.1 Å². The maximum atomic E-state index is 14.1. The molecule has 4 rings (SSSR count). The highest BCUT2D eigenvalue weighted by Crippen LogP contribution is 2.31. The van der Waals surface area contributed by atoms with Gasteiger partial charge >= 0.3 is 5.97 Å². The van der Waals surface area contributed by atoms with Crippen LogP contribution in [0.5, 0.6) is 11.5 Å². The van der Waals surface area contributed by atoms with Crippen LogP contribution >= 0.6 is 0 Å². The van der Waals surface area contributed by atoms with E-state index in [9.17, 15) is 19.1 Å². The number of hydrogen-bond acceptors (Lipinski definition) is 5. The van der Waals surface area contributed by atoms with Gasteiger partial charge in [0.15, 0.2) is 0 Å². The Morgan fingerprint density at radius 2 is 1.62 bits per heavy atom. The number of rotatable bonds is 6. The van der Waals surface area contributed by atoms with Gasteiger partial charge in [-0.3, -0.25) is 9.59 Å². The van der Waals surface area contributed by atoms with Crippen molar-refractivity contribution in [1.82, 2.24) is 4.90 Å². The molecule has 178 valence electrons. The summed E-state index contributed by atoms with van der Waals surface area (Å²) in [4.78, 5) is 28.9. The molecule has 3 aromatic rings. The summed E-state index contributed by atoms with van der Waals surface area (Å²) >= 11 is 0. The van der Waals surface area contributed by atoms with Crippen LogP contribution in [0.25, 0.3) is 10.8 Å². The van der Waals surface area contributed by atoms with Gasteiger partial charge < -0.3 is 24.4 Å². The first-order valence-corrected chi connectivity index (χ1v) is 11.0. The minimum absolute atomic E-state index is 0.203. The number of halogens is 1. The Morgan fingerprint density at radius 1 is 0.971 bits per heavy atom. The average Bonchev–Trinajstić information content (AvgIpc) is 2.84. The highest BCUT2D eigenvalue weighted by molar-refractivity contribution is 6.09. The number of methoxy groups -OCH3 is 2. The Morgan fingerprint density at radius 3 is 2.21 bits per heavy atom. The van der Waals surface area contributed by atoms with E-state index in [4.69, 9.17) is 9.47 Å². The molecule has 8 heteroatoms. The second-order valence-electron chi connectivity index (χ2n) is 8.32. The van der Waals surface area contributed by atoms with E-state index in [1.807, 2.05) is 12.1 Å². The van der Waals surface area contributed by atoms with Gasteiger partial charge in [0.25, 0.3) is 5.91 Å². The maximum Gasteiger partial charge on any atom is 0.307 e. The number of anilines is 1. The Kier molecular flexibility index (Phi) is 6.58. The summed E-state index contributed by atoms with van der Waals surface area (Å²) in [5.41, 5.74) is 2.43. The summed E-state index contributed by atoms with van der Waals surface area (Å²) in [5.74, 6) is -0.267. The summed E-state index contributed by atoms with van der Waals surface area (Å²) in [5, 5.41) is 10.5. The summed E-state index contributed by atoms with van der Waals surface area (Å²) < 4.78 is 24.8. The van der Waals surface area contributed by atoms with Crippen molar-refractivity contribution in [3.63, 3.8) is 0 Å². The molecule has 0 radical (unpaired) electrons. The van der Waals surface area contributed by atoms with Crippen molar-refractivity contribution in [2.45, 2.75) is 13.3 Å². The van der Waals surface area contributed by atoms with Crippen LogP contribution in [-0.4, -0.2) is 62.3 Å². The van der Waals surface area contributed by atoms with E-state index in [2.05, 4.69) is 4.90 Å². The fourth-order valence-electron chi connectivity index (χ4n) is 4.45. The topological polar surface area (TPSA) is 79.3 Å². The lowest BCUT2D eigenvalue weighted by Gasteiger charge is -2.36. The second kappa shape index (κ2) is 9.59. The average molecular weight is 467 g/mol. The third kappa shape index (κ3) is 4.62. The molecule has 7 nitrogen and oxygen atoms in total. The molecule has 0 saturated carbocycles. The molecular weight excluding hydrogens is 439 g/mol. The molecule has 0 bridgehead atoms. The molecule has 0 aliphatic carbocycles. The van der Waals surface area contributed by atoms with Gasteiger partial charge in [0.05, 0.1) is 26.2 Å². The molecule has 0 unspecified atom stereocenters. The lowest BCUT2D eigenvalue weighted by molar-refractivity contribution is -0.136. The van der Waals surface area contributed by atoms with E-state index in [1.165, 1.54) is 12.1 Å². The molecule has 1 fully saturated rings. The molecule has 34 heavy (non-hydrogen) atoms. The third-order valence-corrected chi connectivity index (χ3v) is 6.29. The van der Waals surface area contributed by atoms with Gasteiger partial charge in [-0.2, -0.15) is 0 Å². The van der Waals surface area contributed by atoms with Crippen molar-refractivity contribution in [1.29, 1.82) is 0 Å². The predicted octanol–water partition coefficient (Wildman–Crippen LogP) is 3.89.